The zero-order valence-corrected chi connectivity index (χ0v) is 17.3. The van der Waals surface area contributed by atoms with Crippen LogP contribution in [-0.4, -0.2) is 47.0 Å². The van der Waals surface area contributed by atoms with Gasteiger partial charge < -0.3 is 14.4 Å². The average Bonchev–Trinajstić information content (AvgIpc) is 2.92. The van der Waals surface area contributed by atoms with Gasteiger partial charge in [0.25, 0.3) is 0 Å². The minimum atomic E-state index is 0.353. The second kappa shape index (κ2) is 7.31. The summed E-state index contributed by atoms with van der Waals surface area (Å²) in [6.45, 7) is 8.40. The fraction of sp³-hybridized carbons (Fsp3) is 0.609. The van der Waals surface area contributed by atoms with Crippen molar-refractivity contribution in [2.24, 2.45) is 13.0 Å². The zero-order valence-electron chi connectivity index (χ0n) is 17.3. The molecule has 1 atom stereocenters. The summed E-state index contributed by atoms with van der Waals surface area (Å²) >= 11 is 0. The monoisotopic (exact) mass is 367 g/mol. The van der Waals surface area contributed by atoms with Crippen LogP contribution in [0.5, 0.6) is 0 Å². The summed E-state index contributed by atoms with van der Waals surface area (Å²) < 4.78 is 2.38. The number of hydrogen-bond acceptors (Lipinski definition) is 2. The molecule has 1 unspecified atom stereocenters. The second-order valence-electron chi connectivity index (χ2n) is 8.94. The van der Waals surface area contributed by atoms with E-state index in [9.17, 15) is 4.79 Å². The number of carbonyl (C=O) groups excluding carboxylic acids is 1. The molecule has 1 saturated heterocycles. The van der Waals surface area contributed by atoms with Gasteiger partial charge >= 0.3 is 0 Å². The van der Waals surface area contributed by atoms with Crippen LogP contribution < -0.4 is 0 Å². The normalized spacial score (nSPS) is 21.6. The first-order valence-corrected chi connectivity index (χ1v) is 10.5. The fourth-order valence-corrected chi connectivity index (χ4v) is 5.08. The summed E-state index contributed by atoms with van der Waals surface area (Å²) in [6.07, 6.45) is 3.94. The maximum atomic E-state index is 12.7. The molecular weight excluding hydrogens is 334 g/mol. The predicted octanol–water partition coefficient (Wildman–Crippen LogP) is 4.05. The van der Waals surface area contributed by atoms with Gasteiger partial charge in [-0.1, -0.05) is 18.6 Å². The van der Waals surface area contributed by atoms with Gasteiger partial charge in [0, 0.05) is 62.2 Å². The molecule has 0 spiro atoms. The lowest BCUT2D eigenvalue weighted by molar-refractivity contribution is -0.132. The Bertz CT molecular complexity index is 845. The summed E-state index contributed by atoms with van der Waals surface area (Å²) in [5, 5.41) is 1.39. The number of carbonyl (C=O) groups is 1. The van der Waals surface area contributed by atoms with E-state index in [0.717, 1.165) is 51.4 Å². The summed E-state index contributed by atoms with van der Waals surface area (Å²) in [5.41, 5.74) is 5.56. The van der Waals surface area contributed by atoms with E-state index < -0.39 is 0 Å². The predicted molar refractivity (Wildman–Crippen MR) is 111 cm³/mol. The van der Waals surface area contributed by atoms with E-state index >= 15 is 0 Å². The van der Waals surface area contributed by atoms with E-state index in [1.165, 1.54) is 27.7 Å². The van der Waals surface area contributed by atoms with E-state index in [0.29, 0.717) is 18.2 Å². The van der Waals surface area contributed by atoms with Crippen molar-refractivity contribution in [1.82, 2.24) is 14.4 Å². The third-order valence-electron chi connectivity index (χ3n) is 6.70. The molecule has 0 aliphatic carbocycles. The number of amides is 1. The largest absolute Gasteiger partial charge is 0.347 e. The van der Waals surface area contributed by atoms with Crippen LogP contribution in [0.4, 0.5) is 0 Å². The Balaban J connectivity index is 1.55. The lowest BCUT2D eigenvalue weighted by atomic mass is 9.90. The quantitative estimate of drug-likeness (QED) is 0.819. The zero-order chi connectivity index (χ0) is 19.1. The number of likely N-dealkylation sites (tertiary alicyclic amines) is 1. The van der Waals surface area contributed by atoms with Gasteiger partial charge in [-0.15, -0.1) is 0 Å². The number of benzene rings is 1. The summed E-state index contributed by atoms with van der Waals surface area (Å²) in [7, 11) is 4.40. The molecule has 27 heavy (non-hydrogen) atoms. The van der Waals surface area contributed by atoms with E-state index in [-0.39, 0.29) is 0 Å². The molecule has 2 aliphatic rings. The lowest BCUT2D eigenvalue weighted by Crippen LogP contribution is -2.38. The van der Waals surface area contributed by atoms with E-state index in [1.807, 2.05) is 0 Å². The highest BCUT2D eigenvalue weighted by atomic mass is 16.2. The molecule has 146 valence electrons. The van der Waals surface area contributed by atoms with Crippen LogP contribution in [-0.2, 0) is 18.4 Å². The van der Waals surface area contributed by atoms with Crippen molar-refractivity contribution in [1.29, 1.82) is 0 Å². The first-order valence-electron chi connectivity index (χ1n) is 10.5. The van der Waals surface area contributed by atoms with Crippen molar-refractivity contribution in [3.63, 3.8) is 0 Å². The lowest BCUT2D eigenvalue weighted by Gasteiger charge is -2.33. The van der Waals surface area contributed by atoms with Crippen molar-refractivity contribution in [3.8, 4) is 0 Å². The maximum absolute atomic E-state index is 12.7. The SMILES string of the molecule is Cc1ccc2c(c1)c1c(n2C)C(CCC(=O)N2CCC(C)CC2)CN(C)C1. The number of nitrogens with zero attached hydrogens (tertiary/aromatic N) is 3. The summed E-state index contributed by atoms with van der Waals surface area (Å²) in [4.78, 5) is 17.3. The number of likely N-dealkylation sites (N-methyl/N-ethyl adjacent to an activating group) is 1. The molecule has 4 rings (SSSR count). The number of rotatable bonds is 3. The van der Waals surface area contributed by atoms with Crippen LogP contribution in [0.3, 0.4) is 0 Å². The Morgan fingerprint density at radius 3 is 2.67 bits per heavy atom. The maximum Gasteiger partial charge on any atom is 0.222 e. The second-order valence-corrected chi connectivity index (χ2v) is 8.94. The number of hydrogen-bond donors (Lipinski definition) is 0. The molecule has 1 fully saturated rings. The van der Waals surface area contributed by atoms with Gasteiger partial charge in [0.2, 0.25) is 5.91 Å². The molecule has 0 saturated carbocycles. The minimum absolute atomic E-state index is 0.353. The molecule has 1 aromatic heterocycles. The molecule has 4 heteroatoms. The molecule has 2 aromatic rings. The molecule has 2 aliphatic heterocycles. The Morgan fingerprint density at radius 1 is 1.19 bits per heavy atom. The number of fused-ring (bicyclic) bond motifs is 3. The van der Waals surface area contributed by atoms with Gasteiger partial charge in [0.15, 0.2) is 0 Å². The highest BCUT2D eigenvalue weighted by Gasteiger charge is 2.30. The van der Waals surface area contributed by atoms with Crippen molar-refractivity contribution in [2.75, 3.05) is 26.7 Å². The molecule has 4 nitrogen and oxygen atoms in total. The van der Waals surface area contributed by atoms with Crippen LogP contribution in [0, 0.1) is 12.8 Å². The Morgan fingerprint density at radius 2 is 1.93 bits per heavy atom. The Labute approximate surface area is 163 Å². The first-order chi connectivity index (χ1) is 12.9. The van der Waals surface area contributed by atoms with Crippen molar-refractivity contribution in [3.05, 3.63) is 35.0 Å². The Kier molecular flexibility index (Phi) is 5.02. The molecule has 1 aromatic carbocycles. The summed E-state index contributed by atoms with van der Waals surface area (Å²) in [5.74, 6) is 1.55. The van der Waals surface area contributed by atoms with Gasteiger partial charge in [0.05, 0.1) is 0 Å². The van der Waals surface area contributed by atoms with E-state index in [4.69, 9.17) is 0 Å². The smallest absolute Gasteiger partial charge is 0.222 e. The van der Waals surface area contributed by atoms with E-state index in [2.05, 4.69) is 60.5 Å². The molecule has 1 amide bonds. The number of aromatic nitrogens is 1. The summed E-state index contributed by atoms with van der Waals surface area (Å²) in [6, 6.07) is 6.78. The van der Waals surface area contributed by atoms with Crippen molar-refractivity contribution >= 4 is 16.8 Å². The van der Waals surface area contributed by atoms with Gasteiger partial charge in [0.1, 0.15) is 0 Å². The van der Waals surface area contributed by atoms with Crippen LogP contribution in [0.25, 0.3) is 10.9 Å². The third kappa shape index (κ3) is 3.52. The van der Waals surface area contributed by atoms with Gasteiger partial charge in [-0.3, -0.25) is 4.79 Å². The van der Waals surface area contributed by atoms with E-state index in [1.54, 1.807) is 0 Å². The average molecular weight is 368 g/mol. The highest BCUT2D eigenvalue weighted by Crippen LogP contribution is 2.38. The Hall–Kier alpha value is -1.81. The van der Waals surface area contributed by atoms with Gasteiger partial charge in [-0.05, 0) is 56.8 Å². The number of piperidine rings is 1. The van der Waals surface area contributed by atoms with Crippen LogP contribution in [0.2, 0.25) is 0 Å². The number of aryl methyl sites for hydroxylation is 2. The topological polar surface area (TPSA) is 28.5 Å². The third-order valence-corrected chi connectivity index (χ3v) is 6.70. The van der Waals surface area contributed by atoms with Crippen LogP contribution in [0.1, 0.15) is 55.3 Å². The first kappa shape index (κ1) is 18.5. The van der Waals surface area contributed by atoms with Crippen LogP contribution >= 0.6 is 0 Å². The van der Waals surface area contributed by atoms with Crippen molar-refractivity contribution < 1.29 is 4.79 Å². The highest BCUT2D eigenvalue weighted by molar-refractivity contribution is 5.86. The minimum Gasteiger partial charge on any atom is -0.347 e. The van der Waals surface area contributed by atoms with Gasteiger partial charge in [-0.25, -0.2) is 0 Å². The standard InChI is InChI=1S/C23H33N3O/c1-16-9-11-26(12-10-16)22(27)8-6-18-14-24(3)15-20-19-13-17(2)5-7-21(19)25(4)23(18)20/h5,7,13,16,18H,6,8-12,14-15H2,1-4H3. The van der Waals surface area contributed by atoms with Gasteiger partial charge in [-0.2, -0.15) is 0 Å². The molecule has 0 bridgehead atoms. The molecular formula is C23H33N3O. The molecule has 0 N–H and O–H groups in total. The molecule has 3 heterocycles. The van der Waals surface area contributed by atoms with Crippen LogP contribution in [0.15, 0.2) is 18.2 Å². The fourth-order valence-electron chi connectivity index (χ4n) is 5.08. The molecule has 0 radical (unpaired) electrons. The van der Waals surface area contributed by atoms with Crippen molar-refractivity contribution in [2.45, 2.75) is 52.0 Å².